The molecule has 0 bridgehead atoms. The molecule has 1 saturated heterocycles. The fourth-order valence-corrected chi connectivity index (χ4v) is 3.83. The van der Waals surface area contributed by atoms with E-state index in [0.29, 0.717) is 5.75 Å². The van der Waals surface area contributed by atoms with Crippen LogP contribution in [0.5, 0.6) is 0 Å². The number of halogens is 2. The van der Waals surface area contributed by atoms with E-state index in [-0.39, 0.29) is 24.4 Å². The number of hydrogen-bond donors (Lipinski definition) is 2. The molecule has 0 aromatic heterocycles. The van der Waals surface area contributed by atoms with E-state index >= 15 is 0 Å². The standard InChI is InChI=1S/C16H17ClN2OS.ClH/c17-13-5-1-3-11-4-2-6-14(16(11)13)21-10-15(20)19-12-7-8-18-9-12;/h1-6,12,18H,7-10H2,(H,19,20);1H. The number of fused-ring (bicyclic) bond motifs is 1. The fraction of sp³-hybridized carbons (Fsp3) is 0.312. The zero-order valence-corrected chi connectivity index (χ0v) is 14.4. The van der Waals surface area contributed by atoms with E-state index in [1.165, 1.54) is 11.8 Å². The molecule has 0 saturated carbocycles. The molecule has 1 aliphatic rings. The van der Waals surface area contributed by atoms with Crippen LogP contribution >= 0.6 is 35.8 Å². The van der Waals surface area contributed by atoms with Gasteiger partial charge in [-0.3, -0.25) is 4.79 Å². The maximum absolute atomic E-state index is 12.0. The number of carbonyl (C=O) groups is 1. The van der Waals surface area contributed by atoms with E-state index in [9.17, 15) is 4.79 Å². The highest BCUT2D eigenvalue weighted by molar-refractivity contribution is 8.00. The molecule has 1 aliphatic heterocycles. The smallest absolute Gasteiger partial charge is 0.230 e. The van der Waals surface area contributed by atoms with E-state index in [0.717, 1.165) is 40.2 Å². The van der Waals surface area contributed by atoms with Crippen LogP contribution in [-0.4, -0.2) is 30.8 Å². The van der Waals surface area contributed by atoms with Crippen molar-refractivity contribution in [3.63, 3.8) is 0 Å². The highest BCUT2D eigenvalue weighted by Gasteiger charge is 2.16. The zero-order chi connectivity index (χ0) is 14.7. The molecule has 1 amide bonds. The third-order valence-corrected chi connectivity index (χ3v) is 4.97. The number of rotatable bonds is 4. The Morgan fingerprint density at radius 1 is 1.32 bits per heavy atom. The van der Waals surface area contributed by atoms with Crippen LogP contribution in [0.2, 0.25) is 5.02 Å². The molecule has 1 unspecified atom stereocenters. The summed E-state index contributed by atoms with van der Waals surface area (Å²) in [5, 5.41) is 9.17. The number of nitrogens with one attached hydrogen (secondary N) is 2. The number of benzene rings is 2. The summed E-state index contributed by atoms with van der Waals surface area (Å²) in [5.74, 6) is 0.499. The van der Waals surface area contributed by atoms with E-state index in [2.05, 4.69) is 10.6 Å². The van der Waals surface area contributed by atoms with Crippen molar-refractivity contribution in [1.82, 2.24) is 10.6 Å². The molecule has 22 heavy (non-hydrogen) atoms. The summed E-state index contributed by atoms with van der Waals surface area (Å²) in [5.41, 5.74) is 0. The summed E-state index contributed by atoms with van der Waals surface area (Å²) >= 11 is 7.83. The molecule has 1 fully saturated rings. The number of hydrogen-bond acceptors (Lipinski definition) is 3. The molecule has 3 rings (SSSR count). The molecule has 3 nitrogen and oxygen atoms in total. The second kappa shape index (κ2) is 8.06. The zero-order valence-electron chi connectivity index (χ0n) is 12.0. The minimum absolute atomic E-state index is 0. The Morgan fingerprint density at radius 2 is 2.09 bits per heavy atom. The maximum Gasteiger partial charge on any atom is 0.230 e. The normalized spacial score (nSPS) is 17.2. The Hall–Kier alpha value is -0.940. The van der Waals surface area contributed by atoms with Crippen molar-refractivity contribution < 1.29 is 4.79 Å². The van der Waals surface area contributed by atoms with Crippen LogP contribution in [0.3, 0.4) is 0 Å². The van der Waals surface area contributed by atoms with Gasteiger partial charge < -0.3 is 10.6 Å². The van der Waals surface area contributed by atoms with Gasteiger partial charge in [-0.25, -0.2) is 0 Å². The first-order valence-corrected chi connectivity index (χ1v) is 8.40. The van der Waals surface area contributed by atoms with Gasteiger partial charge in [0.05, 0.1) is 5.75 Å². The van der Waals surface area contributed by atoms with Crippen LogP contribution in [0, 0.1) is 0 Å². The van der Waals surface area contributed by atoms with Crippen LogP contribution in [0.15, 0.2) is 41.3 Å². The lowest BCUT2D eigenvalue weighted by Crippen LogP contribution is -2.37. The van der Waals surface area contributed by atoms with E-state index in [4.69, 9.17) is 11.6 Å². The Bertz CT molecular complexity index is 654. The number of thioether (sulfide) groups is 1. The van der Waals surface area contributed by atoms with Gasteiger partial charge in [0.25, 0.3) is 0 Å². The number of carbonyl (C=O) groups excluding carboxylic acids is 1. The lowest BCUT2D eigenvalue weighted by atomic mass is 10.1. The van der Waals surface area contributed by atoms with Crippen molar-refractivity contribution in [2.24, 2.45) is 0 Å². The Kier molecular flexibility index (Phi) is 6.38. The fourth-order valence-electron chi connectivity index (χ4n) is 2.57. The summed E-state index contributed by atoms with van der Waals surface area (Å²) in [7, 11) is 0. The monoisotopic (exact) mass is 356 g/mol. The first-order chi connectivity index (χ1) is 10.2. The van der Waals surface area contributed by atoms with Gasteiger partial charge in [0.2, 0.25) is 5.91 Å². The predicted molar refractivity (Wildman–Crippen MR) is 96.3 cm³/mol. The van der Waals surface area contributed by atoms with E-state index in [1.54, 1.807) is 0 Å². The highest BCUT2D eigenvalue weighted by Crippen LogP contribution is 2.33. The minimum Gasteiger partial charge on any atom is -0.351 e. The third kappa shape index (κ3) is 4.07. The molecule has 0 spiro atoms. The first kappa shape index (κ1) is 17.4. The molecule has 0 radical (unpaired) electrons. The lowest BCUT2D eigenvalue weighted by Gasteiger charge is -2.12. The molecule has 0 aliphatic carbocycles. The van der Waals surface area contributed by atoms with Gasteiger partial charge in [-0.2, -0.15) is 0 Å². The number of amides is 1. The minimum atomic E-state index is 0. The topological polar surface area (TPSA) is 41.1 Å². The average molecular weight is 357 g/mol. The van der Waals surface area contributed by atoms with Crippen molar-refractivity contribution in [3.05, 3.63) is 41.4 Å². The van der Waals surface area contributed by atoms with Gasteiger partial charge in [-0.15, -0.1) is 24.2 Å². The molecular weight excluding hydrogens is 339 g/mol. The quantitative estimate of drug-likeness (QED) is 0.823. The summed E-state index contributed by atoms with van der Waals surface area (Å²) in [6, 6.07) is 12.2. The second-order valence-electron chi connectivity index (χ2n) is 5.14. The van der Waals surface area contributed by atoms with Crippen molar-refractivity contribution in [1.29, 1.82) is 0 Å². The molecule has 118 valence electrons. The van der Waals surface area contributed by atoms with Crippen LogP contribution in [0.25, 0.3) is 10.8 Å². The molecule has 1 heterocycles. The van der Waals surface area contributed by atoms with Crippen LogP contribution in [-0.2, 0) is 4.79 Å². The molecule has 2 aromatic carbocycles. The van der Waals surface area contributed by atoms with Crippen molar-refractivity contribution in [2.45, 2.75) is 17.4 Å². The second-order valence-corrected chi connectivity index (χ2v) is 6.56. The Morgan fingerprint density at radius 3 is 2.82 bits per heavy atom. The molecule has 2 N–H and O–H groups in total. The predicted octanol–water partition coefficient (Wildman–Crippen LogP) is 3.49. The average Bonchev–Trinajstić information content (AvgIpc) is 2.98. The summed E-state index contributed by atoms with van der Waals surface area (Å²) < 4.78 is 0. The van der Waals surface area contributed by atoms with Crippen molar-refractivity contribution in [2.75, 3.05) is 18.8 Å². The Balaban J connectivity index is 0.00000176. The van der Waals surface area contributed by atoms with E-state index in [1.807, 2.05) is 36.4 Å². The van der Waals surface area contributed by atoms with Crippen LogP contribution in [0.4, 0.5) is 0 Å². The van der Waals surface area contributed by atoms with Gasteiger partial charge >= 0.3 is 0 Å². The van der Waals surface area contributed by atoms with Crippen molar-refractivity contribution in [3.8, 4) is 0 Å². The van der Waals surface area contributed by atoms with Gasteiger partial charge in [0.15, 0.2) is 0 Å². The molecule has 1 atom stereocenters. The molecular formula is C16H18Cl2N2OS. The van der Waals surface area contributed by atoms with Gasteiger partial charge in [-0.05, 0) is 30.5 Å². The largest absolute Gasteiger partial charge is 0.351 e. The van der Waals surface area contributed by atoms with Crippen molar-refractivity contribution >= 4 is 52.4 Å². The van der Waals surface area contributed by atoms with Gasteiger partial charge in [-0.1, -0.05) is 35.9 Å². The SMILES string of the molecule is Cl.O=C(CSc1cccc2cccc(Cl)c12)NC1CCNC1. The van der Waals surface area contributed by atoms with E-state index < -0.39 is 0 Å². The maximum atomic E-state index is 12.0. The lowest BCUT2D eigenvalue weighted by molar-refractivity contribution is -0.119. The van der Waals surface area contributed by atoms with Crippen LogP contribution in [0.1, 0.15) is 6.42 Å². The van der Waals surface area contributed by atoms with Crippen LogP contribution < -0.4 is 10.6 Å². The third-order valence-electron chi connectivity index (χ3n) is 3.60. The summed E-state index contributed by atoms with van der Waals surface area (Å²) in [6.45, 7) is 1.85. The van der Waals surface area contributed by atoms with Gasteiger partial charge in [0, 0.05) is 27.9 Å². The first-order valence-electron chi connectivity index (χ1n) is 7.04. The Labute approximate surface area is 145 Å². The molecule has 6 heteroatoms. The summed E-state index contributed by atoms with van der Waals surface area (Å²) in [6.07, 6.45) is 1.01. The highest BCUT2D eigenvalue weighted by atomic mass is 35.5. The summed E-state index contributed by atoms with van der Waals surface area (Å²) in [4.78, 5) is 13.1. The van der Waals surface area contributed by atoms with Gasteiger partial charge in [0.1, 0.15) is 0 Å². The molecule has 2 aromatic rings.